The second kappa shape index (κ2) is 8.42. The quantitative estimate of drug-likeness (QED) is 0.756. The van der Waals surface area contributed by atoms with Crippen molar-refractivity contribution in [2.24, 2.45) is 0 Å². The van der Waals surface area contributed by atoms with Crippen LogP contribution in [0.1, 0.15) is 37.8 Å². The van der Waals surface area contributed by atoms with Gasteiger partial charge in [-0.3, -0.25) is 9.59 Å². The number of carbonyl (C=O) groups excluding carboxylic acids is 2. The molecule has 0 radical (unpaired) electrons. The number of aryl methyl sites for hydroxylation is 2. The number of hydrogen-bond donors (Lipinski definition) is 2. The number of aliphatic hydroxyl groups excluding tert-OH is 1. The Morgan fingerprint density at radius 2 is 2.10 bits per heavy atom. The number of esters is 1. The van der Waals surface area contributed by atoms with Crippen LogP contribution in [-0.4, -0.2) is 29.7 Å². The molecule has 0 saturated carbocycles. The first kappa shape index (κ1) is 17.2. The zero-order chi connectivity index (χ0) is 15.8. The maximum Gasteiger partial charge on any atom is 0.308 e. The molecule has 1 aromatic carbocycles. The molecule has 1 rings (SSSR count). The Labute approximate surface area is 125 Å². The number of amides is 1. The number of ether oxygens (including phenoxy) is 1. The normalized spacial score (nSPS) is 11.8. The lowest BCUT2D eigenvalue weighted by atomic mass is 10.00. The Hall–Kier alpha value is -1.88. The highest BCUT2D eigenvalue weighted by Gasteiger charge is 2.12. The van der Waals surface area contributed by atoms with E-state index in [1.807, 2.05) is 25.1 Å². The Morgan fingerprint density at radius 3 is 2.71 bits per heavy atom. The van der Waals surface area contributed by atoms with Crippen molar-refractivity contribution >= 4 is 17.6 Å². The number of benzene rings is 1. The fraction of sp³-hybridized carbons (Fsp3) is 0.500. The molecule has 2 N–H and O–H groups in total. The summed E-state index contributed by atoms with van der Waals surface area (Å²) >= 11 is 0. The summed E-state index contributed by atoms with van der Waals surface area (Å²) in [5, 5.41) is 12.6. The van der Waals surface area contributed by atoms with Crippen molar-refractivity contribution in [2.45, 2.75) is 46.1 Å². The average molecular weight is 293 g/mol. The summed E-state index contributed by atoms with van der Waals surface area (Å²) < 4.78 is 4.80. The summed E-state index contributed by atoms with van der Waals surface area (Å²) in [6.07, 6.45) is 0.411. The van der Waals surface area contributed by atoms with E-state index in [0.29, 0.717) is 19.4 Å². The van der Waals surface area contributed by atoms with Gasteiger partial charge in [0.05, 0.1) is 19.1 Å². The smallest absolute Gasteiger partial charge is 0.308 e. The Bertz CT molecular complexity index is 499. The van der Waals surface area contributed by atoms with Crippen LogP contribution in [0.15, 0.2) is 18.2 Å². The number of aliphatic hydroxyl groups is 1. The molecule has 0 spiro atoms. The summed E-state index contributed by atoms with van der Waals surface area (Å²) in [6.45, 7) is 5.50. The molecule has 1 atom stereocenters. The largest absolute Gasteiger partial charge is 0.466 e. The minimum atomic E-state index is -0.715. The minimum absolute atomic E-state index is 0.0122. The number of anilines is 1. The molecule has 0 saturated heterocycles. The maximum absolute atomic E-state index is 11.3. The molecule has 5 heteroatoms. The van der Waals surface area contributed by atoms with Gasteiger partial charge in [0.1, 0.15) is 0 Å². The van der Waals surface area contributed by atoms with Crippen molar-refractivity contribution in [2.75, 3.05) is 11.9 Å². The SMILES string of the molecule is CCOC(=O)CC(O)CCc1cc(NC(C)=O)ccc1C. The van der Waals surface area contributed by atoms with Crippen LogP contribution in [0.5, 0.6) is 0 Å². The van der Waals surface area contributed by atoms with Gasteiger partial charge in [-0.2, -0.15) is 0 Å². The van der Waals surface area contributed by atoms with Gasteiger partial charge in [0.25, 0.3) is 0 Å². The third kappa shape index (κ3) is 6.40. The molecule has 0 aliphatic carbocycles. The van der Waals surface area contributed by atoms with Gasteiger partial charge in [0.2, 0.25) is 5.91 Å². The predicted molar refractivity (Wildman–Crippen MR) is 81.1 cm³/mol. The van der Waals surface area contributed by atoms with Crippen LogP contribution in [0.3, 0.4) is 0 Å². The molecule has 5 nitrogen and oxygen atoms in total. The van der Waals surface area contributed by atoms with Crippen LogP contribution in [0.25, 0.3) is 0 Å². The van der Waals surface area contributed by atoms with Crippen molar-refractivity contribution in [3.63, 3.8) is 0 Å². The third-order valence-electron chi connectivity index (χ3n) is 3.12. The lowest BCUT2D eigenvalue weighted by Crippen LogP contribution is -2.16. The molecule has 116 valence electrons. The van der Waals surface area contributed by atoms with Crippen LogP contribution in [0.2, 0.25) is 0 Å². The molecule has 0 aliphatic heterocycles. The Morgan fingerprint density at radius 1 is 1.38 bits per heavy atom. The first-order valence-electron chi connectivity index (χ1n) is 7.13. The van der Waals surface area contributed by atoms with Gasteiger partial charge < -0.3 is 15.2 Å². The maximum atomic E-state index is 11.3. The highest BCUT2D eigenvalue weighted by molar-refractivity contribution is 5.88. The van der Waals surface area contributed by atoms with Crippen molar-refractivity contribution in [3.8, 4) is 0 Å². The number of hydrogen-bond acceptors (Lipinski definition) is 4. The number of nitrogens with one attached hydrogen (secondary N) is 1. The fourth-order valence-corrected chi connectivity index (χ4v) is 2.06. The molecular weight excluding hydrogens is 270 g/mol. The summed E-state index contributed by atoms with van der Waals surface area (Å²) in [6, 6.07) is 5.67. The average Bonchev–Trinajstić information content (AvgIpc) is 2.39. The second-order valence-electron chi connectivity index (χ2n) is 5.02. The van der Waals surface area contributed by atoms with Crippen LogP contribution < -0.4 is 5.32 Å². The molecule has 0 aliphatic rings. The zero-order valence-electron chi connectivity index (χ0n) is 12.8. The fourth-order valence-electron chi connectivity index (χ4n) is 2.06. The van der Waals surface area contributed by atoms with Crippen LogP contribution in [0.4, 0.5) is 5.69 Å². The van der Waals surface area contributed by atoms with E-state index in [9.17, 15) is 14.7 Å². The standard InChI is InChI=1S/C16H23NO4/c1-4-21-16(20)10-15(19)8-6-13-9-14(17-12(3)18)7-5-11(13)2/h5,7,9,15,19H,4,6,8,10H2,1-3H3,(H,17,18). The number of rotatable bonds is 7. The molecule has 1 amide bonds. The number of carbonyl (C=O) groups is 2. The lowest BCUT2D eigenvalue weighted by molar-refractivity contribution is -0.145. The van der Waals surface area contributed by atoms with Gasteiger partial charge >= 0.3 is 5.97 Å². The highest BCUT2D eigenvalue weighted by atomic mass is 16.5. The van der Waals surface area contributed by atoms with E-state index >= 15 is 0 Å². The predicted octanol–water partition coefficient (Wildman–Crippen LogP) is 2.20. The third-order valence-corrected chi connectivity index (χ3v) is 3.12. The van der Waals surface area contributed by atoms with Crippen LogP contribution >= 0.6 is 0 Å². The van der Waals surface area contributed by atoms with Gasteiger partial charge in [0.15, 0.2) is 0 Å². The monoisotopic (exact) mass is 293 g/mol. The Balaban J connectivity index is 2.57. The van der Waals surface area contributed by atoms with Gasteiger partial charge in [-0.25, -0.2) is 0 Å². The molecule has 0 aromatic heterocycles. The van der Waals surface area contributed by atoms with Gasteiger partial charge in [-0.15, -0.1) is 0 Å². The van der Waals surface area contributed by atoms with Crippen molar-refractivity contribution in [3.05, 3.63) is 29.3 Å². The second-order valence-corrected chi connectivity index (χ2v) is 5.02. The molecule has 0 bridgehead atoms. The van der Waals surface area contributed by atoms with Gasteiger partial charge in [-0.05, 0) is 49.9 Å². The van der Waals surface area contributed by atoms with Crippen LogP contribution in [0, 0.1) is 6.92 Å². The minimum Gasteiger partial charge on any atom is -0.466 e. The molecule has 0 fully saturated rings. The van der Waals surface area contributed by atoms with Crippen molar-refractivity contribution in [1.29, 1.82) is 0 Å². The highest BCUT2D eigenvalue weighted by Crippen LogP contribution is 2.18. The summed E-state index contributed by atoms with van der Waals surface area (Å²) in [5.74, 6) is -0.499. The van der Waals surface area contributed by atoms with Crippen molar-refractivity contribution in [1.82, 2.24) is 0 Å². The molecule has 0 heterocycles. The first-order valence-corrected chi connectivity index (χ1v) is 7.13. The van der Waals surface area contributed by atoms with E-state index in [-0.39, 0.29) is 18.3 Å². The first-order chi connectivity index (χ1) is 9.92. The van der Waals surface area contributed by atoms with Crippen LogP contribution in [-0.2, 0) is 20.7 Å². The molecular formula is C16H23NO4. The molecule has 21 heavy (non-hydrogen) atoms. The van der Waals surface area contributed by atoms with E-state index in [0.717, 1.165) is 16.8 Å². The Kier molecular flexibility index (Phi) is 6.88. The van der Waals surface area contributed by atoms with E-state index in [2.05, 4.69) is 5.32 Å². The van der Waals surface area contributed by atoms with Gasteiger partial charge in [-0.1, -0.05) is 6.07 Å². The molecule has 1 unspecified atom stereocenters. The summed E-state index contributed by atoms with van der Waals surface area (Å²) in [5.41, 5.74) is 2.87. The summed E-state index contributed by atoms with van der Waals surface area (Å²) in [7, 11) is 0. The van der Waals surface area contributed by atoms with Gasteiger partial charge in [0, 0.05) is 12.6 Å². The van der Waals surface area contributed by atoms with E-state index in [1.165, 1.54) is 6.92 Å². The summed E-state index contributed by atoms with van der Waals surface area (Å²) in [4.78, 5) is 22.3. The molecule has 1 aromatic rings. The van der Waals surface area contributed by atoms with E-state index < -0.39 is 6.10 Å². The topological polar surface area (TPSA) is 75.6 Å². The zero-order valence-corrected chi connectivity index (χ0v) is 12.8. The van der Waals surface area contributed by atoms with E-state index in [1.54, 1.807) is 6.92 Å². The van der Waals surface area contributed by atoms with E-state index in [4.69, 9.17) is 4.74 Å². The lowest BCUT2D eigenvalue weighted by Gasteiger charge is -2.12. The van der Waals surface area contributed by atoms with Crippen molar-refractivity contribution < 1.29 is 19.4 Å².